The first-order chi connectivity index (χ1) is 18.9. The van der Waals surface area contributed by atoms with E-state index in [1.807, 2.05) is 0 Å². The zero-order chi connectivity index (χ0) is 29.9. The molecule has 1 aliphatic heterocycles. The minimum absolute atomic E-state index is 0.0696. The second-order valence-electron chi connectivity index (χ2n) is 8.64. The highest BCUT2D eigenvalue weighted by molar-refractivity contribution is 6.04. The quantitative estimate of drug-likeness (QED) is 0.158. The zero-order valence-electron chi connectivity index (χ0n) is 23.3. The van der Waals surface area contributed by atoms with E-state index in [4.69, 9.17) is 33.2 Å². The molecule has 40 heavy (non-hydrogen) atoms. The van der Waals surface area contributed by atoms with Crippen LogP contribution in [0.15, 0.2) is 30.3 Å². The topological polar surface area (TPSA) is 150 Å². The summed E-state index contributed by atoms with van der Waals surface area (Å²) in [7, 11) is 0. The van der Waals surface area contributed by atoms with Gasteiger partial charge in [0.2, 0.25) is 18.0 Å². The van der Waals surface area contributed by atoms with Crippen molar-refractivity contribution in [2.75, 3.05) is 19.8 Å². The van der Waals surface area contributed by atoms with Crippen LogP contribution in [0.25, 0.3) is 0 Å². The number of esters is 5. The second kappa shape index (κ2) is 14.4. The molecule has 0 amide bonds. The molecule has 1 aliphatic rings. The summed E-state index contributed by atoms with van der Waals surface area (Å²) in [5.74, 6) is 0.824. The van der Waals surface area contributed by atoms with Crippen molar-refractivity contribution < 1.29 is 57.1 Å². The summed E-state index contributed by atoms with van der Waals surface area (Å²) in [5, 5.41) is 0. The Balaban J connectivity index is 2.64. The number of ether oxygens (including phenoxy) is 7. The van der Waals surface area contributed by atoms with E-state index < -0.39 is 66.2 Å². The van der Waals surface area contributed by atoms with Crippen LogP contribution in [0, 0.1) is 11.8 Å². The molecule has 12 nitrogen and oxygen atoms in total. The van der Waals surface area contributed by atoms with Gasteiger partial charge in [0.15, 0.2) is 0 Å². The van der Waals surface area contributed by atoms with Gasteiger partial charge in [0.1, 0.15) is 6.10 Å². The van der Waals surface area contributed by atoms with Gasteiger partial charge in [0, 0.05) is 27.2 Å². The molecule has 1 aromatic carbocycles. The van der Waals surface area contributed by atoms with Crippen molar-refractivity contribution in [3.8, 4) is 11.8 Å². The van der Waals surface area contributed by atoms with Crippen molar-refractivity contribution in [1.29, 1.82) is 0 Å². The average molecular weight is 563 g/mol. The van der Waals surface area contributed by atoms with Crippen molar-refractivity contribution in [3.63, 3.8) is 0 Å². The number of hydrogen-bond donors (Lipinski definition) is 0. The molecular weight excluding hydrogens is 528 g/mol. The number of hydrogen-bond acceptors (Lipinski definition) is 12. The Morgan fingerprint density at radius 3 is 1.95 bits per heavy atom. The molecule has 1 saturated heterocycles. The maximum absolute atomic E-state index is 13.3. The molecule has 0 aromatic heterocycles. The van der Waals surface area contributed by atoms with Gasteiger partial charge in [0.25, 0.3) is 5.60 Å². The highest BCUT2D eigenvalue weighted by Gasteiger charge is 2.64. The normalized spacial score (nSPS) is 21.8. The Morgan fingerprint density at radius 1 is 0.900 bits per heavy atom. The minimum Gasteiger partial charge on any atom is -0.463 e. The van der Waals surface area contributed by atoms with Gasteiger partial charge >= 0.3 is 29.8 Å². The predicted molar refractivity (Wildman–Crippen MR) is 136 cm³/mol. The van der Waals surface area contributed by atoms with Crippen LogP contribution in [0.1, 0.15) is 47.1 Å². The van der Waals surface area contributed by atoms with Crippen molar-refractivity contribution in [1.82, 2.24) is 0 Å². The van der Waals surface area contributed by atoms with E-state index in [2.05, 4.69) is 11.8 Å². The maximum Gasteiger partial charge on any atom is 0.350 e. The second-order valence-corrected chi connectivity index (χ2v) is 8.64. The van der Waals surface area contributed by atoms with Gasteiger partial charge in [-0.05, 0) is 32.3 Å². The van der Waals surface area contributed by atoms with Crippen LogP contribution in [0.3, 0.4) is 0 Å². The lowest BCUT2D eigenvalue weighted by Crippen LogP contribution is -2.57. The Morgan fingerprint density at radius 2 is 1.48 bits per heavy atom. The molecule has 0 spiro atoms. The Kier molecular flexibility index (Phi) is 11.6. The third kappa shape index (κ3) is 7.58. The summed E-state index contributed by atoms with van der Waals surface area (Å²) in [5.41, 5.74) is -3.81. The Labute approximate surface area is 232 Å². The van der Waals surface area contributed by atoms with Gasteiger partial charge in [-0.15, -0.1) is 5.92 Å². The summed E-state index contributed by atoms with van der Waals surface area (Å²) in [6.07, 6.45) is -4.80. The van der Waals surface area contributed by atoms with Gasteiger partial charge in [-0.3, -0.25) is 14.4 Å². The highest BCUT2D eigenvalue weighted by atomic mass is 16.8. The first-order valence-electron chi connectivity index (χ1n) is 12.6. The Hall–Kier alpha value is -3.95. The van der Waals surface area contributed by atoms with E-state index in [9.17, 15) is 24.0 Å². The highest BCUT2D eigenvalue weighted by Crippen LogP contribution is 2.39. The van der Waals surface area contributed by atoms with E-state index >= 15 is 0 Å². The molecule has 1 unspecified atom stereocenters. The van der Waals surface area contributed by atoms with E-state index in [0.29, 0.717) is 5.56 Å². The van der Waals surface area contributed by atoms with Gasteiger partial charge in [-0.1, -0.05) is 30.3 Å². The largest absolute Gasteiger partial charge is 0.463 e. The lowest BCUT2D eigenvalue weighted by molar-refractivity contribution is -0.206. The molecule has 0 saturated carbocycles. The average Bonchev–Trinajstić information content (AvgIpc) is 3.12. The van der Waals surface area contributed by atoms with Gasteiger partial charge in [-0.2, -0.15) is 0 Å². The van der Waals surface area contributed by atoms with Crippen LogP contribution < -0.4 is 0 Å². The number of rotatable bonds is 12. The number of benzene rings is 1. The van der Waals surface area contributed by atoms with Crippen LogP contribution in [0.2, 0.25) is 0 Å². The fourth-order valence-electron chi connectivity index (χ4n) is 4.19. The maximum atomic E-state index is 13.3. The molecular formula is C28H34O12. The van der Waals surface area contributed by atoms with Crippen molar-refractivity contribution in [3.05, 3.63) is 35.9 Å². The number of carbonyl (C=O) groups is 5. The minimum atomic E-state index is -2.31. The van der Waals surface area contributed by atoms with Gasteiger partial charge in [-0.25, -0.2) is 9.59 Å². The van der Waals surface area contributed by atoms with Crippen LogP contribution in [-0.2, 0) is 63.6 Å². The molecule has 1 aromatic rings. The molecule has 1 fully saturated rings. The molecule has 4 atom stereocenters. The van der Waals surface area contributed by atoms with Crippen molar-refractivity contribution in [2.24, 2.45) is 0 Å². The van der Waals surface area contributed by atoms with E-state index in [0.717, 1.165) is 20.8 Å². The van der Waals surface area contributed by atoms with Crippen molar-refractivity contribution in [2.45, 2.75) is 77.7 Å². The predicted octanol–water partition coefficient (Wildman–Crippen LogP) is 1.66. The third-order valence-corrected chi connectivity index (χ3v) is 5.64. The van der Waals surface area contributed by atoms with E-state index in [-0.39, 0.29) is 19.6 Å². The molecule has 2 rings (SSSR count). The van der Waals surface area contributed by atoms with Crippen LogP contribution in [-0.4, -0.2) is 79.4 Å². The molecule has 218 valence electrons. The van der Waals surface area contributed by atoms with Crippen LogP contribution in [0.4, 0.5) is 0 Å². The summed E-state index contributed by atoms with van der Waals surface area (Å²) in [6, 6.07) is 8.55. The molecule has 12 heteroatoms. The van der Waals surface area contributed by atoms with Crippen molar-refractivity contribution >= 4 is 29.8 Å². The van der Waals surface area contributed by atoms with Gasteiger partial charge in [0.05, 0.1) is 19.8 Å². The van der Waals surface area contributed by atoms with E-state index in [1.165, 1.54) is 6.92 Å². The van der Waals surface area contributed by atoms with E-state index in [1.54, 1.807) is 44.2 Å². The summed E-state index contributed by atoms with van der Waals surface area (Å²) < 4.78 is 38.4. The van der Waals surface area contributed by atoms with Crippen LogP contribution >= 0.6 is 0 Å². The first-order valence-corrected chi connectivity index (χ1v) is 12.6. The lowest BCUT2D eigenvalue weighted by atomic mass is 9.91. The van der Waals surface area contributed by atoms with Crippen LogP contribution in [0.5, 0.6) is 0 Å². The molecule has 0 N–H and O–H groups in total. The summed E-state index contributed by atoms with van der Waals surface area (Å²) >= 11 is 0. The fourth-order valence-corrected chi connectivity index (χ4v) is 4.19. The third-order valence-electron chi connectivity index (χ3n) is 5.64. The summed E-state index contributed by atoms with van der Waals surface area (Å²) in [6.45, 7) is 7.07. The molecule has 0 radical (unpaired) electrons. The molecule has 1 heterocycles. The Bertz CT molecular complexity index is 1120. The lowest BCUT2D eigenvalue weighted by Gasteiger charge is -2.34. The SMILES string of the molecule is CC#C[C@@]1(OC(C)=O)[C@@H](COC(Cc2ccccc2)(C(=O)OCC)C(=O)OCC)OC(OC(C)=O)[C@@H]1OC(C)=O. The molecule has 0 aliphatic carbocycles. The fraction of sp³-hybridized carbons (Fsp3) is 0.536. The summed E-state index contributed by atoms with van der Waals surface area (Å²) in [4.78, 5) is 62.7. The molecule has 0 bridgehead atoms. The monoisotopic (exact) mass is 562 g/mol. The zero-order valence-corrected chi connectivity index (χ0v) is 23.3. The standard InChI is InChI=1S/C28H34O12/c1-7-15-27(40-20(6)31)22(39-24(38-19(5)30)23(27)37-18(4)29)17-36-28(25(32)34-8-2,26(33)35-9-3)16-21-13-11-10-12-14-21/h10-14,22-24H,8-9,16-17H2,1-6H3/t22-,23+,24?,27-/m1/s1. The smallest absolute Gasteiger partial charge is 0.350 e. The van der Waals surface area contributed by atoms with Gasteiger partial charge < -0.3 is 33.2 Å². The first kappa shape index (κ1) is 32.3. The number of carbonyl (C=O) groups excluding carboxylic acids is 5.